The minimum Gasteiger partial charge on any atom is -0.493 e. The number of carbonyl (C=O) groups excluding carboxylic acids is 1. The lowest BCUT2D eigenvalue weighted by atomic mass is 9.49. The van der Waals surface area contributed by atoms with Crippen LogP contribution in [0, 0.1) is 0 Å². The van der Waals surface area contributed by atoms with Gasteiger partial charge in [0.25, 0.3) is 0 Å². The van der Waals surface area contributed by atoms with Gasteiger partial charge in [0.15, 0.2) is 23.4 Å². The van der Waals surface area contributed by atoms with E-state index in [-0.39, 0.29) is 35.6 Å². The zero-order chi connectivity index (χ0) is 23.0. The molecule has 1 saturated heterocycles. The molecule has 1 N–H and O–H groups in total. The summed E-state index contributed by atoms with van der Waals surface area (Å²) >= 11 is 0. The molecule has 5 nitrogen and oxygen atoms in total. The van der Waals surface area contributed by atoms with Crippen LogP contribution in [-0.4, -0.2) is 54.1 Å². The van der Waals surface area contributed by atoms with Crippen molar-refractivity contribution in [1.29, 1.82) is 0 Å². The average molecular weight is 323 g/mol. The molecule has 1 saturated carbocycles. The number of likely N-dealkylation sites (tertiary alicyclic amines) is 1. The van der Waals surface area contributed by atoms with Crippen molar-refractivity contribution >= 4 is 5.78 Å². The maximum atomic E-state index is 13.2. The van der Waals surface area contributed by atoms with E-state index in [1.807, 2.05) is 0 Å². The number of ketones is 1. The molecule has 23 heavy (non-hydrogen) atoms. The first-order valence-electron chi connectivity index (χ1n) is 11.6. The number of likely N-dealkylation sites (N-methyl/N-ethyl adjacent to an activating group) is 1. The number of aliphatic hydroxyl groups is 1. The second-order valence-corrected chi connectivity index (χ2v) is 6.64. The van der Waals surface area contributed by atoms with Crippen molar-refractivity contribution in [3.8, 4) is 11.5 Å². The van der Waals surface area contributed by atoms with Crippen molar-refractivity contribution < 1.29 is 30.3 Å². The van der Waals surface area contributed by atoms with Crippen molar-refractivity contribution in [3.05, 3.63) is 23.3 Å². The molecular formula is C18H21NO4. The molecular weight excluding hydrogens is 294 g/mol. The summed E-state index contributed by atoms with van der Waals surface area (Å²) < 4.78 is 76.3. The first kappa shape index (κ1) is 7.99. The molecule has 2 aliphatic carbocycles. The fraction of sp³-hybridized carbons (Fsp3) is 0.611. The first-order chi connectivity index (χ1) is 14.0. The van der Waals surface area contributed by atoms with Crippen LogP contribution >= 0.6 is 0 Å². The van der Waals surface area contributed by atoms with E-state index >= 15 is 0 Å². The molecule has 0 amide bonds. The Bertz CT molecular complexity index is 1030. The number of nitrogens with zero attached hydrogens (tertiary/aromatic N) is 1. The van der Waals surface area contributed by atoms with Gasteiger partial charge in [-0.05, 0) is 44.4 Å². The smallest absolute Gasteiger partial charge is 0.174 e. The Labute approximate surface area is 146 Å². The molecule has 1 unspecified atom stereocenters. The first-order valence-corrected chi connectivity index (χ1v) is 7.56. The van der Waals surface area contributed by atoms with E-state index in [1.165, 1.54) is 12.1 Å². The van der Waals surface area contributed by atoms with E-state index in [2.05, 4.69) is 0 Å². The van der Waals surface area contributed by atoms with Gasteiger partial charge in [0.2, 0.25) is 0 Å². The normalized spacial score (nSPS) is 53.8. The number of piperidine rings is 1. The Kier molecular flexibility index (Phi) is 1.42. The molecule has 122 valence electrons. The summed E-state index contributed by atoms with van der Waals surface area (Å²) in [5.74, 6) is -1.78. The van der Waals surface area contributed by atoms with E-state index in [0.29, 0.717) is 0 Å². The lowest BCUT2D eigenvalue weighted by Gasteiger charge is -2.62. The van der Waals surface area contributed by atoms with Gasteiger partial charge in [-0.15, -0.1) is 0 Å². The lowest BCUT2D eigenvalue weighted by molar-refractivity contribution is -0.185. The number of benzene rings is 1. The number of hydrogen-bond acceptors (Lipinski definition) is 5. The Morgan fingerprint density at radius 3 is 3.26 bits per heavy atom. The molecule has 1 spiro atoms. The fourth-order valence-corrected chi connectivity index (χ4v) is 4.69. The molecule has 5 heteroatoms. The standard InChI is InChI=1S/C18H21NO4/c1-19-8-7-17-14-10-3-4-12(22-2)15(14)23-16(17)11(20)5-6-18(17,21)13(19)9-10/h3-4,13,16,21H,5-9H2,1-2H3/t13-,16?,17+,18-/m1/s1/i2D3,5D2,9D2,16D. The van der Waals surface area contributed by atoms with Gasteiger partial charge < -0.3 is 19.5 Å². The minimum atomic E-state index is -2.88. The maximum absolute atomic E-state index is 13.2. The largest absolute Gasteiger partial charge is 0.493 e. The number of Topliss-reactive ketones (excluding diaryl/α,β-unsaturated/α-hetero) is 1. The van der Waals surface area contributed by atoms with Crippen LogP contribution in [0.3, 0.4) is 0 Å². The highest BCUT2D eigenvalue weighted by molar-refractivity contribution is 5.90. The Hall–Kier alpha value is -1.59. The summed E-state index contributed by atoms with van der Waals surface area (Å²) in [4.78, 5) is 14.8. The summed E-state index contributed by atoms with van der Waals surface area (Å²) in [6, 6.07) is 1.31. The summed E-state index contributed by atoms with van der Waals surface area (Å²) in [7, 11) is -1.27. The molecule has 4 aliphatic rings. The predicted molar refractivity (Wildman–Crippen MR) is 83.0 cm³/mol. The van der Waals surface area contributed by atoms with Gasteiger partial charge in [-0.2, -0.15) is 0 Å². The highest BCUT2D eigenvalue weighted by atomic mass is 16.5. The maximum Gasteiger partial charge on any atom is 0.174 e. The molecule has 2 bridgehead atoms. The zero-order valence-corrected chi connectivity index (χ0v) is 12.5. The van der Waals surface area contributed by atoms with E-state index in [0.717, 1.165) is 0 Å². The van der Waals surface area contributed by atoms with Gasteiger partial charge >= 0.3 is 0 Å². The van der Waals surface area contributed by atoms with E-state index < -0.39 is 55.1 Å². The van der Waals surface area contributed by atoms with Crippen molar-refractivity contribution in [1.82, 2.24) is 4.90 Å². The average Bonchev–Trinajstić information content (AvgIpc) is 2.86. The SMILES string of the molecule is [2H]C([2H])([2H])Oc1ccc2c3c1OC1([2H])C(=O)C([2H])([2H])C[C@@]4(O)[C@H](N(C)CC[C@]314)C2([2H])[2H]. The van der Waals surface area contributed by atoms with Gasteiger partial charge in [-0.1, -0.05) is 6.07 Å². The molecule has 0 aromatic heterocycles. The number of ether oxygens (including phenoxy) is 2. The molecule has 1 aromatic rings. The fourth-order valence-electron chi connectivity index (χ4n) is 4.69. The summed E-state index contributed by atoms with van der Waals surface area (Å²) in [5.41, 5.74) is -3.83. The van der Waals surface area contributed by atoms with Crippen LogP contribution in [0.2, 0.25) is 0 Å². The number of methoxy groups -OCH3 is 1. The molecule has 4 atom stereocenters. The zero-order valence-electron chi connectivity index (χ0n) is 20.5. The lowest BCUT2D eigenvalue weighted by Crippen LogP contribution is -2.76. The van der Waals surface area contributed by atoms with Crippen LogP contribution in [0.25, 0.3) is 0 Å². The highest BCUT2D eigenvalue weighted by Crippen LogP contribution is 2.64. The van der Waals surface area contributed by atoms with Gasteiger partial charge in [0.1, 0.15) is 0 Å². The second-order valence-electron chi connectivity index (χ2n) is 6.64. The summed E-state index contributed by atoms with van der Waals surface area (Å²) in [5, 5.41) is 12.0. The van der Waals surface area contributed by atoms with Gasteiger partial charge in [-0.3, -0.25) is 4.79 Å². The third kappa shape index (κ3) is 1.32. The van der Waals surface area contributed by atoms with Gasteiger partial charge in [0, 0.05) is 23.5 Å². The third-order valence-corrected chi connectivity index (χ3v) is 5.74. The van der Waals surface area contributed by atoms with Crippen LogP contribution in [0.5, 0.6) is 11.5 Å². The third-order valence-electron chi connectivity index (χ3n) is 5.74. The molecule has 1 aromatic carbocycles. The predicted octanol–water partition coefficient (Wildman–Crippen LogP) is 1.05. The molecule has 0 radical (unpaired) electrons. The van der Waals surface area contributed by atoms with Crippen molar-refractivity contribution in [2.45, 2.75) is 48.7 Å². The molecule has 5 rings (SSSR count). The Morgan fingerprint density at radius 1 is 1.57 bits per heavy atom. The van der Waals surface area contributed by atoms with Crippen LogP contribution in [0.15, 0.2) is 12.1 Å². The summed E-state index contributed by atoms with van der Waals surface area (Å²) in [6.45, 7) is 0.218. The van der Waals surface area contributed by atoms with Crippen molar-refractivity contribution in [2.75, 3.05) is 20.6 Å². The number of carbonyl (C=O) groups is 1. The van der Waals surface area contributed by atoms with E-state index in [9.17, 15) is 9.90 Å². The summed E-state index contributed by atoms with van der Waals surface area (Å²) in [6.07, 6.45) is -8.15. The van der Waals surface area contributed by atoms with Gasteiger partial charge in [0.05, 0.1) is 23.5 Å². The molecule has 2 aliphatic heterocycles. The van der Waals surface area contributed by atoms with Crippen LogP contribution in [-0.2, 0) is 16.6 Å². The number of hydrogen-bond donors (Lipinski definition) is 1. The minimum absolute atomic E-state index is 0.0229. The van der Waals surface area contributed by atoms with Crippen molar-refractivity contribution in [2.24, 2.45) is 0 Å². The van der Waals surface area contributed by atoms with Crippen LogP contribution < -0.4 is 9.47 Å². The van der Waals surface area contributed by atoms with Crippen LogP contribution in [0.4, 0.5) is 0 Å². The Morgan fingerprint density at radius 2 is 2.43 bits per heavy atom. The Balaban J connectivity index is 1.91. The van der Waals surface area contributed by atoms with Crippen LogP contribution in [0.1, 0.15) is 41.3 Å². The topological polar surface area (TPSA) is 59.0 Å². The molecule has 2 fully saturated rings. The van der Waals surface area contributed by atoms with Gasteiger partial charge in [-0.25, -0.2) is 0 Å². The highest BCUT2D eigenvalue weighted by Gasteiger charge is 2.72. The molecule has 2 heterocycles. The van der Waals surface area contributed by atoms with E-state index in [4.69, 9.17) is 20.4 Å². The van der Waals surface area contributed by atoms with Crippen molar-refractivity contribution in [3.63, 3.8) is 0 Å². The number of rotatable bonds is 1. The quantitative estimate of drug-likeness (QED) is 0.837. The second kappa shape index (κ2) is 4.08. The monoisotopic (exact) mass is 323 g/mol. The van der Waals surface area contributed by atoms with E-state index in [1.54, 1.807) is 11.9 Å².